The zero-order valence-electron chi connectivity index (χ0n) is 29.8. The molecule has 1 saturated heterocycles. The fraction of sp³-hybridized carbons (Fsp3) is 0.300. The predicted octanol–water partition coefficient (Wildman–Crippen LogP) is 9.96. The number of nitrogens with zero attached hydrogens (tertiary/aromatic N) is 3. The highest BCUT2D eigenvalue weighted by atomic mass is 35.5. The molecule has 5 aromatic rings. The highest BCUT2D eigenvalue weighted by molar-refractivity contribution is 7.90. The van der Waals surface area contributed by atoms with E-state index in [1.807, 2.05) is 22.9 Å². The first-order valence-corrected chi connectivity index (χ1v) is 20.0. The maximum atomic E-state index is 13.6. The van der Waals surface area contributed by atoms with Crippen molar-refractivity contribution in [1.29, 1.82) is 0 Å². The Morgan fingerprint density at radius 1 is 1.06 bits per heavy atom. The van der Waals surface area contributed by atoms with E-state index in [0.717, 1.165) is 85.9 Å². The summed E-state index contributed by atoms with van der Waals surface area (Å²) in [7, 11) is -4.53. The van der Waals surface area contributed by atoms with Crippen LogP contribution in [0, 0.1) is 21.4 Å². The molecule has 54 heavy (non-hydrogen) atoms. The van der Waals surface area contributed by atoms with Crippen LogP contribution in [0.3, 0.4) is 0 Å². The van der Waals surface area contributed by atoms with E-state index in [1.54, 1.807) is 24.4 Å². The average Bonchev–Trinajstić information content (AvgIpc) is 3.61. The molecule has 0 bridgehead atoms. The summed E-state index contributed by atoms with van der Waals surface area (Å²) in [5.74, 6) is 0.0323. The number of ether oxygens (including phenoxy) is 1. The van der Waals surface area contributed by atoms with Crippen molar-refractivity contribution in [1.82, 2.24) is 14.7 Å². The van der Waals surface area contributed by atoms with Crippen LogP contribution < -0.4 is 14.4 Å². The van der Waals surface area contributed by atoms with Gasteiger partial charge in [-0.05, 0) is 110 Å². The number of aromatic nitrogens is 2. The molecule has 7 rings (SSSR count). The lowest BCUT2D eigenvalue weighted by atomic mass is 9.70. The molecule has 14 heteroatoms. The number of nitrogens with one attached hydrogen (secondary N) is 2. The van der Waals surface area contributed by atoms with Crippen molar-refractivity contribution < 1.29 is 22.9 Å². The number of halogens is 2. The fourth-order valence-corrected chi connectivity index (χ4v) is 8.67. The van der Waals surface area contributed by atoms with Gasteiger partial charge in [0.1, 0.15) is 22.2 Å². The molecular formula is C40H39Cl2N5O6S. The summed E-state index contributed by atoms with van der Waals surface area (Å²) in [4.78, 5) is 33.4. The number of carbonyl (C=O) groups is 1. The van der Waals surface area contributed by atoms with Crippen molar-refractivity contribution in [3.8, 4) is 11.5 Å². The number of nitro benzene ring substituents is 1. The smallest absolute Gasteiger partial charge is 0.289 e. The minimum atomic E-state index is -4.53. The number of amides is 1. The van der Waals surface area contributed by atoms with Gasteiger partial charge in [0.05, 0.1) is 21.6 Å². The van der Waals surface area contributed by atoms with E-state index in [4.69, 9.17) is 27.9 Å². The Balaban J connectivity index is 1.12. The third-order valence-electron chi connectivity index (χ3n) is 10.4. The van der Waals surface area contributed by atoms with Crippen molar-refractivity contribution in [2.45, 2.75) is 57.3 Å². The molecule has 0 spiro atoms. The van der Waals surface area contributed by atoms with Crippen LogP contribution in [0.15, 0.2) is 95.7 Å². The summed E-state index contributed by atoms with van der Waals surface area (Å²) in [6.07, 6.45) is 9.58. The number of carbonyl (C=O) groups excluding carboxylic acids is 1. The number of rotatable bonds is 10. The lowest BCUT2D eigenvalue weighted by Gasteiger charge is -2.37. The minimum Gasteiger partial charge on any atom is -0.455 e. The van der Waals surface area contributed by atoms with E-state index in [1.165, 1.54) is 29.0 Å². The Kier molecular flexibility index (Phi) is 10.4. The third kappa shape index (κ3) is 8.25. The van der Waals surface area contributed by atoms with Crippen LogP contribution in [0.25, 0.3) is 16.6 Å². The fourth-order valence-electron chi connectivity index (χ4n) is 7.38. The van der Waals surface area contributed by atoms with Gasteiger partial charge in [0.15, 0.2) is 0 Å². The van der Waals surface area contributed by atoms with Crippen molar-refractivity contribution in [2.75, 3.05) is 18.0 Å². The van der Waals surface area contributed by atoms with Gasteiger partial charge < -0.3 is 14.6 Å². The van der Waals surface area contributed by atoms with Gasteiger partial charge in [0, 0.05) is 47.5 Å². The number of allylic oxidation sites excluding steroid dienone is 2. The lowest BCUT2D eigenvalue weighted by Crippen LogP contribution is -2.34. The maximum absolute atomic E-state index is 13.6. The summed E-state index contributed by atoms with van der Waals surface area (Å²) in [5, 5.41) is 12.7. The second-order valence-corrected chi connectivity index (χ2v) is 17.3. The summed E-state index contributed by atoms with van der Waals surface area (Å²) >= 11 is 12.1. The Hall–Kier alpha value is -4.91. The van der Waals surface area contributed by atoms with E-state index in [-0.39, 0.29) is 21.8 Å². The first-order valence-electron chi connectivity index (χ1n) is 17.7. The van der Waals surface area contributed by atoms with Crippen molar-refractivity contribution in [3.63, 3.8) is 0 Å². The zero-order valence-corrected chi connectivity index (χ0v) is 32.1. The average molecular weight is 789 g/mol. The number of nitro groups is 1. The molecular weight excluding hydrogens is 749 g/mol. The molecule has 0 atom stereocenters. The first kappa shape index (κ1) is 37.4. The van der Waals surface area contributed by atoms with Gasteiger partial charge in [0.25, 0.3) is 21.6 Å². The monoisotopic (exact) mass is 787 g/mol. The summed E-state index contributed by atoms with van der Waals surface area (Å²) in [6, 6.07) is 19.9. The van der Waals surface area contributed by atoms with E-state index in [2.05, 4.69) is 40.8 Å². The second-order valence-electron chi connectivity index (χ2n) is 14.7. The van der Waals surface area contributed by atoms with Gasteiger partial charge >= 0.3 is 0 Å². The molecule has 2 aromatic heterocycles. The normalized spacial score (nSPS) is 16.4. The lowest BCUT2D eigenvalue weighted by molar-refractivity contribution is -0.384. The molecule has 3 heterocycles. The molecule has 2 aliphatic rings. The summed E-state index contributed by atoms with van der Waals surface area (Å²) < 4.78 is 34.8. The van der Waals surface area contributed by atoms with E-state index in [0.29, 0.717) is 17.3 Å². The number of sulfonamides is 1. The second kappa shape index (κ2) is 15.1. The number of H-pyrrole nitrogens is 1. The van der Waals surface area contributed by atoms with E-state index in [9.17, 15) is 23.3 Å². The van der Waals surface area contributed by atoms with Crippen molar-refractivity contribution in [2.24, 2.45) is 11.3 Å². The number of hydrogen-bond acceptors (Lipinski definition) is 8. The Morgan fingerprint density at radius 3 is 2.56 bits per heavy atom. The number of anilines is 1. The molecule has 0 radical (unpaired) electrons. The quantitative estimate of drug-likeness (QED) is 0.105. The number of piperidine rings is 1. The Bertz CT molecular complexity index is 2390. The Morgan fingerprint density at radius 2 is 1.81 bits per heavy atom. The molecule has 11 nitrogen and oxygen atoms in total. The van der Waals surface area contributed by atoms with Gasteiger partial charge in [-0.15, -0.1) is 0 Å². The predicted molar refractivity (Wildman–Crippen MR) is 211 cm³/mol. The van der Waals surface area contributed by atoms with Gasteiger partial charge in [-0.2, -0.15) is 0 Å². The largest absolute Gasteiger partial charge is 0.455 e. The standard InChI is InChI=1S/C40H39Cl2N5O6S/c1-40(2)15-11-27(34(23-40)26-3-5-29(41)6-4-26)19-25-13-17-46(18-14-25)30-7-9-33(37(21-30)53-31-20-28-12-16-43-38(28)44-24-31)39(48)45-54(51,52)32-8-10-35(42)36(22-32)47(49)50/h3-10,12,16,20-22,24-25H,11,13-15,17-19,23H2,1-2H3,(H,43,44)(H,45,48). The number of pyridine rings is 1. The third-order valence-corrected chi connectivity index (χ3v) is 12.3. The zero-order chi connectivity index (χ0) is 38.2. The summed E-state index contributed by atoms with van der Waals surface area (Å²) in [6.45, 7) is 6.27. The van der Waals surface area contributed by atoms with Crippen LogP contribution in [-0.4, -0.2) is 42.3 Å². The number of hydrogen-bond donors (Lipinski definition) is 2. The molecule has 0 saturated carbocycles. The molecule has 2 N–H and O–H groups in total. The van der Waals surface area contributed by atoms with Crippen molar-refractivity contribution in [3.05, 3.63) is 122 Å². The maximum Gasteiger partial charge on any atom is 0.289 e. The van der Waals surface area contributed by atoms with Gasteiger partial charge in [-0.25, -0.2) is 18.1 Å². The van der Waals surface area contributed by atoms with Crippen LogP contribution in [0.1, 0.15) is 68.3 Å². The molecule has 1 amide bonds. The molecule has 0 unspecified atom stereocenters. The van der Waals surface area contributed by atoms with Crippen LogP contribution in [0.4, 0.5) is 11.4 Å². The number of benzene rings is 3. The number of aromatic amines is 1. The topological polar surface area (TPSA) is 148 Å². The first-order chi connectivity index (χ1) is 25.7. The van der Waals surface area contributed by atoms with E-state index >= 15 is 0 Å². The highest BCUT2D eigenvalue weighted by Crippen LogP contribution is 2.46. The van der Waals surface area contributed by atoms with E-state index < -0.39 is 31.4 Å². The molecule has 1 aliphatic heterocycles. The van der Waals surface area contributed by atoms with Crippen LogP contribution in [-0.2, 0) is 10.0 Å². The van der Waals surface area contributed by atoms with Gasteiger partial charge in [0.2, 0.25) is 0 Å². The van der Waals surface area contributed by atoms with Crippen LogP contribution >= 0.6 is 23.2 Å². The molecule has 1 fully saturated rings. The Labute approximate surface area is 323 Å². The van der Waals surface area contributed by atoms with Crippen LogP contribution in [0.2, 0.25) is 10.0 Å². The molecule has 280 valence electrons. The van der Waals surface area contributed by atoms with Crippen molar-refractivity contribution >= 4 is 67.1 Å². The summed E-state index contributed by atoms with van der Waals surface area (Å²) in [5.41, 5.74) is 5.33. The van der Waals surface area contributed by atoms with Gasteiger partial charge in [-0.1, -0.05) is 54.8 Å². The number of fused-ring (bicyclic) bond motifs is 1. The minimum absolute atomic E-state index is 0.0447. The van der Waals surface area contributed by atoms with Gasteiger partial charge in [-0.3, -0.25) is 14.9 Å². The molecule has 3 aromatic carbocycles. The highest BCUT2D eigenvalue weighted by Gasteiger charge is 2.31. The molecule has 1 aliphatic carbocycles. The van der Waals surface area contributed by atoms with Crippen LogP contribution in [0.5, 0.6) is 11.5 Å². The SMILES string of the molecule is CC1(C)CCC(CC2CCN(c3ccc(C(=O)NS(=O)(=O)c4ccc(Cl)c([N+](=O)[O-])c4)c(Oc4cnc5[nH]ccc5c4)c3)CC2)=C(c2ccc(Cl)cc2)C1.